The first-order valence-electron chi connectivity index (χ1n) is 13.6. The van der Waals surface area contributed by atoms with Gasteiger partial charge in [0.05, 0.1) is 32.8 Å². The van der Waals surface area contributed by atoms with Gasteiger partial charge in [0.15, 0.2) is 27.3 Å². The van der Waals surface area contributed by atoms with Crippen LogP contribution in [-0.2, 0) is 15.4 Å². The SMILES string of the molecule is C[C@H]1C[C@H]2C[C@](O)(c3ncc(-c4ccccn4)[nH]3)CC1C2S(=O)(=O)c1cc(C(=O)Nc2cc(F)c(F)c(F)c2)ccc1Cl. The van der Waals surface area contributed by atoms with E-state index >= 15 is 0 Å². The van der Waals surface area contributed by atoms with Crippen molar-refractivity contribution in [1.29, 1.82) is 0 Å². The third-order valence-electron chi connectivity index (χ3n) is 8.52. The topological polar surface area (TPSA) is 125 Å². The van der Waals surface area contributed by atoms with Crippen LogP contribution in [0.2, 0.25) is 5.02 Å². The average molecular weight is 631 g/mol. The lowest BCUT2D eigenvalue weighted by Crippen LogP contribution is -2.45. The van der Waals surface area contributed by atoms with Crippen LogP contribution in [0.4, 0.5) is 18.9 Å². The number of carbonyl (C=O) groups excluding carboxylic acids is 1. The molecule has 2 bridgehead atoms. The van der Waals surface area contributed by atoms with E-state index in [1.54, 1.807) is 18.5 Å². The fourth-order valence-corrected chi connectivity index (χ4v) is 9.51. The smallest absolute Gasteiger partial charge is 0.255 e. The number of H-pyrrole nitrogens is 1. The fourth-order valence-electron chi connectivity index (χ4n) is 6.61. The van der Waals surface area contributed by atoms with Gasteiger partial charge in [-0.05, 0) is 67.3 Å². The molecule has 2 heterocycles. The van der Waals surface area contributed by atoms with E-state index in [0.29, 0.717) is 35.8 Å². The minimum Gasteiger partial charge on any atom is -0.382 e. The van der Waals surface area contributed by atoms with Crippen LogP contribution in [0.3, 0.4) is 0 Å². The number of anilines is 1. The quantitative estimate of drug-likeness (QED) is 0.228. The Morgan fingerprint density at radius 3 is 2.51 bits per heavy atom. The Balaban J connectivity index is 1.27. The second kappa shape index (κ2) is 10.8. The molecule has 13 heteroatoms. The summed E-state index contributed by atoms with van der Waals surface area (Å²) in [4.78, 5) is 24.5. The first-order chi connectivity index (χ1) is 20.4. The lowest BCUT2D eigenvalue weighted by molar-refractivity contribution is -0.0332. The molecule has 0 spiro atoms. The van der Waals surface area contributed by atoms with Gasteiger partial charge in [-0.2, -0.15) is 0 Å². The van der Waals surface area contributed by atoms with Crippen LogP contribution in [0, 0.1) is 35.2 Å². The Kier molecular flexibility index (Phi) is 7.34. The summed E-state index contributed by atoms with van der Waals surface area (Å²) >= 11 is 6.37. The van der Waals surface area contributed by atoms with Crippen LogP contribution in [0.15, 0.2) is 65.8 Å². The normalized spacial score (nSPS) is 25.1. The Labute approximate surface area is 250 Å². The molecule has 4 aromatic rings. The number of hydrogen-bond donors (Lipinski definition) is 3. The molecule has 2 aliphatic rings. The molecule has 224 valence electrons. The van der Waals surface area contributed by atoms with Gasteiger partial charge in [0.2, 0.25) is 0 Å². The molecule has 2 aliphatic carbocycles. The number of hydrogen-bond acceptors (Lipinski definition) is 6. The highest BCUT2D eigenvalue weighted by atomic mass is 35.5. The van der Waals surface area contributed by atoms with Crippen LogP contribution < -0.4 is 5.32 Å². The van der Waals surface area contributed by atoms with E-state index in [1.807, 2.05) is 19.1 Å². The summed E-state index contributed by atoms with van der Waals surface area (Å²) in [6.07, 6.45) is 4.09. The van der Waals surface area contributed by atoms with Crippen molar-refractivity contribution in [2.75, 3.05) is 5.32 Å². The fraction of sp³-hybridized carbons (Fsp3) is 0.300. The van der Waals surface area contributed by atoms with Gasteiger partial charge in [0.1, 0.15) is 11.4 Å². The number of nitrogens with zero attached hydrogens (tertiary/aromatic N) is 2. The highest BCUT2D eigenvalue weighted by Crippen LogP contribution is 2.56. The van der Waals surface area contributed by atoms with Crippen LogP contribution in [-0.4, -0.2) is 39.6 Å². The van der Waals surface area contributed by atoms with Crippen molar-refractivity contribution >= 4 is 33.0 Å². The number of benzene rings is 2. The lowest BCUT2D eigenvalue weighted by Gasteiger charge is -2.40. The van der Waals surface area contributed by atoms with Crippen molar-refractivity contribution in [3.8, 4) is 11.4 Å². The summed E-state index contributed by atoms with van der Waals surface area (Å²) in [5.74, 6) is -6.06. The maximum absolute atomic E-state index is 14.1. The van der Waals surface area contributed by atoms with E-state index in [4.69, 9.17) is 11.6 Å². The number of amides is 1. The molecule has 43 heavy (non-hydrogen) atoms. The first-order valence-corrected chi connectivity index (χ1v) is 15.5. The number of aliphatic hydroxyl groups is 1. The van der Waals surface area contributed by atoms with E-state index in [2.05, 4.69) is 20.3 Å². The zero-order valence-electron chi connectivity index (χ0n) is 22.7. The molecular formula is C30H26ClF3N4O4S. The van der Waals surface area contributed by atoms with E-state index in [-0.39, 0.29) is 39.9 Å². The molecule has 2 fully saturated rings. The number of sulfone groups is 1. The number of fused-ring (bicyclic) bond motifs is 2. The maximum Gasteiger partial charge on any atom is 0.255 e. The maximum atomic E-state index is 14.1. The molecule has 2 unspecified atom stereocenters. The summed E-state index contributed by atoms with van der Waals surface area (Å²) < 4.78 is 68.9. The number of aromatic nitrogens is 3. The lowest BCUT2D eigenvalue weighted by atomic mass is 9.76. The average Bonchev–Trinajstić information content (AvgIpc) is 3.55. The molecule has 2 aromatic carbocycles. The molecule has 0 aliphatic heterocycles. The van der Waals surface area contributed by atoms with Crippen LogP contribution in [0.5, 0.6) is 0 Å². The van der Waals surface area contributed by atoms with Gasteiger partial charge >= 0.3 is 0 Å². The van der Waals surface area contributed by atoms with E-state index in [9.17, 15) is 31.5 Å². The molecule has 0 saturated heterocycles. The summed E-state index contributed by atoms with van der Waals surface area (Å²) in [5.41, 5.74) is -0.565. The summed E-state index contributed by atoms with van der Waals surface area (Å²) in [6, 6.07) is 10.3. The second-order valence-electron chi connectivity index (χ2n) is 11.3. The summed E-state index contributed by atoms with van der Waals surface area (Å²) in [7, 11) is -4.11. The molecule has 8 nitrogen and oxygen atoms in total. The van der Waals surface area contributed by atoms with Crippen molar-refractivity contribution in [2.24, 2.45) is 17.8 Å². The molecular weight excluding hydrogens is 605 g/mol. The Morgan fingerprint density at radius 2 is 1.84 bits per heavy atom. The molecule has 3 N–H and O–H groups in total. The molecule has 5 atom stereocenters. The van der Waals surface area contributed by atoms with Gasteiger partial charge in [-0.25, -0.2) is 26.6 Å². The predicted molar refractivity (Wildman–Crippen MR) is 152 cm³/mol. The molecule has 1 amide bonds. The highest BCUT2D eigenvalue weighted by molar-refractivity contribution is 7.92. The van der Waals surface area contributed by atoms with E-state index in [0.717, 1.165) is 6.07 Å². The predicted octanol–water partition coefficient (Wildman–Crippen LogP) is 5.89. The first kappa shape index (κ1) is 29.3. The van der Waals surface area contributed by atoms with Gasteiger partial charge in [-0.1, -0.05) is 24.6 Å². The van der Waals surface area contributed by atoms with Gasteiger partial charge in [-0.15, -0.1) is 0 Å². The van der Waals surface area contributed by atoms with Crippen molar-refractivity contribution in [3.05, 3.63) is 94.8 Å². The third kappa shape index (κ3) is 5.21. The standard InChI is InChI=1S/C30H26ClF3N4O4S/c1-15-8-17-12-30(40,29-36-14-24(38-29)23-4-2-3-7-35-23)13-19(15)27(17)43(41,42)25-9-16(5-6-20(25)31)28(39)37-18-10-21(32)26(34)22(33)11-18/h2-7,9-11,14-15,17,19,27,40H,8,12-13H2,1H3,(H,36,38)(H,37,39)/t15-,17-,19?,27?,30+/m0/s1. The molecule has 0 radical (unpaired) electrons. The highest BCUT2D eigenvalue weighted by Gasteiger charge is 2.58. The number of halogens is 4. The summed E-state index contributed by atoms with van der Waals surface area (Å²) in [5, 5.41) is 13.1. The Hall–Kier alpha value is -3.74. The number of nitrogens with one attached hydrogen (secondary N) is 2. The molecule has 2 aromatic heterocycles. The van der Waals surface area contributed by atoms with Crippen LogP contribution >= 0.6 is 11.6 Å². The van der Waals surface area contributed by atoms with Crippen LogP contribution in [0.25, 0.3) is 11.4 Å². The van der Waals surface area contributed by atoms with Crippen molar-refractivity contribution in [3.63, 3.8) is 0 Å². The number of imidazole rings is 1. The largest absolute Gasteiger partial charge is 0.382 e. The monoisotopic (exact) mass is 630 g/mol. The number of rotatable bonds is 6. The molecule has 6 rings (SSSR count). The van der Waals surface area contributed by atoms with E-state index in [1.165, 1.54) is 12.1 Å². The van der Waals surface area contributed by atoms with Crippen molar-refractivity contribution in [1.82, 2.24) is 15.0 Å². The Bertz CT molecular complexity index is 1820. The molecule has 2 saturated carbocycles. The van der Waals surface area contributed by atoms with Gasteiger partial charge < -0.3 is 15.4 Å². The van der Waals surface area contributed by atoms with E-state index < -0.39 is 55.9 Å². The zero-order valence-corrected chi connectivity index (χ0v) is 24.3. The van der Waals surface area contributed by atoms with Crippen LogP contribution in [0.1, 0.15) is 42.4 Å². The van der Waals surface area contributed by atoms with Gasteiger partial charge in [-0.3, -0.25) is 9.78 Å². The van der Waals surface area contributed by atoms with Crippen molar-refractivity contribution in [2.45, 2.75) is 41.9 Å². The third-order valence-corrected chi connectivity index (χ3v) is 11.4. The number of carbonyl (C=O) groups is 1. The number of pyridine rings is 1. The minimum absolute atomic E-state index is 0.0300. The van der Waals surface area contributed by atoms with Gasteiger partial charge in [0, 0.05) is 29.6 Å². The number of aromatic amines is 1. The Morgan fingerprint density at radius 1 is 1.09 bits per heavy atom. The minimum atomic E-state index is -4.11. The summed E-state index contributed by atoms with van der Waals surface area (Å²) in [6.45, 7) is 1.95. The van der Waals surface area contributed by atoms with Gasteiger partial charge in [0.25, 0.3) is 5.91 Å². The van der Waals surface area contributed by atoms with Crippen molar-refractivity contribution < 1.29 is 31.5 Å². The second-order valence-corrected chi connectivity index (χ2v) is 13.8. The zero-order chi connectivity index (χ0) is 30.7.